The third-order valence-corrected chi connectivity index (χ3v) is 2.94. The van der Waals surface area contributed by atoms with Crippen LogP contribution in [0.25, 0.3) is 0 Å². The molecule has 2 unspecified atom stereocenters. The van der Waals surface area contributed by atoms with Crippen LogP contribution in [0.1, 0.15) is 33.1 Å². The van der Waals surface area contributed by atoms with Crippen LogP contribution in [0.15, 0.2) is 0 Å². The molecule has 1 N–H and O–H groups in total. The molecule has 0 radical (unpaired) electrons. The molecule has 0 saturated carbocycles. The van der Waals surface area contributed by atoms with Crippen molar-refractivity contribution in [1.82, 2.24) is 10.2 Å². The van der Waals surface area contributed by atoms with Crippen molar-refractivity contribution < 1.29 is 0 Å². The van der Waals surface area contributed by atoms with Crippen LogP contribution >= 0.6 is 0 Å². The Morgan fingerprint density at radius 1 is 1.17 bits per heavy atom. The van der Waals surface area contributed by atoms with Gasteiger partial charge < -0.3 is 10.2 Å². The summed E-state index contributed by atoms with van der Waals surface area (Å²) < 4.78 is 0. The van der Waals surface area contributed by atoms with E-state index in [1.807, 2.05) is 13.8 Å². The second-order valence-corrected chi connectivity index (χ2v) is 3.61. The quantitative estimate of drug-likeness (QED) is 0.592. The summed E-state index contributed by atoms with van der Waals surface area (Å²) in [7, 11) is 2.25. The van der Waals surface area contributed by atoms with E-state index < -0.39 is 0 Å². The largest absolute Gasteiger partial charge is 0.312 e. The number of piperidine rings is 1. The van der Waals surface area contributed by atoms with Gasteiger partial charge in [-0.3, -0.25) is 0 Å². The third-order valence-electron chi connectivity index (χ3n) is 2.94. The Bertz CT molecular complexity index is 117. The van der Waals surface area contributed by atoms with Crippen LogP contribution in [-0.2, 0) is 0 Å². The molecule has 3 aliphatic heterocycles. The molecular formula is C10H22N2. The zero-order valence-corrected chi connectivity index (χ0v) is 8.64. The van der Waals surface area contributed by atoms with Gasteiger partial charge in [0, 0.05) is 18.6 Å². The standard InChI is InChI=1S/C8H16N2.C2H6/c1-10-5-4-7-2-3-8(10)6-9-7;1-2/h7-9H,2-6H2,1H3;1-2H3. The van der Waals surface area contributed by atoms with E-state index in [-0.39, 0.29) is 0 Å². The fourth-order valence-corrected chi connectivity index (χ4v) is 2.07. The Labute approximate surface area is 76.3 Å². The van der Waals surface area contributed by atoms with Gasteiger partial charge in [0.25, 0.3) is 0 Å². The summed E-state index contributed by atoms with van der Waals surface area (Å²) in [4.78, 5) is 2.50. The average molecular weight is 170 g/mol. The van der Waals surface area contributed by atoms with Gasteiger partial charge in [-0.05, 0) is 32.9 Å². The summed E-state index contributed by atoms with van der Waals surface area (Å²) in [5.74, 6) is 0. The number of hydrogen-bond acceptors (Lipinski definition) is 2. The molecule has 0 aromatic rings. The molecule has 72 valence electrons. The lowest BCUT2D eigenvalue weighted by Gasteiger charge is -2.28. The van der Waals surface area contributed by atoms with Crippen LogP contribution < -0.4 is 5.32 Å². The number of rotatable bonds is 0. The normalized spacial score (nSPS) is 35.2. The molecule has 3 saturated heterocycles. The predicted molar refractivity (Wildman–Crippen MR) is 53.4 cm³/mol. The van der Waals surface area contributed by atoms with Gasteiger partial charge in [-0.1, -0.05) is 13.8 Å². The molecule has 3 heterocycles. The molecule has 2 atom stereocenters. The van der Waals surface area contributed by atoms with Crippen molar-refractivity contribution in [2.75, 3.05) is 20.1 Å². The van der Waals surface area contributed by atoms with Crippen LogP contribution in [0.2, 0.25) is 0 Å². The fraction of sp³-hybridized carbons (Fsp3) is 1.00. The molecule has 0 aromatic heterocycles. The second-order valence-electron chi connectivity index (χ2n) is 3.61. The molecular weight excluding hydrogens is 148 g/mol. The van der Waals surface area contributed by atoms with Crippen LogP contribution in [0.5, 0.6) is 0 Å². The van der Waals surface area contributed by atoms with Crippen LogP contribution in [0.3, 0.4) is 0 Å². The second kappa shape index (κ2) is 4.83. The molecule has 0 amide bonds. The maximum absolute atomic E-state index is 3.57. The SMILES string of the molecule is CC.CN1CCC2CCC1CN2. The molecule has 12 heavy (non-hydrogen) atoms. The maximum Gasteiger partial charge on any atom is 0.0218 e. The molecule has 3 aliphatic rings. The molecule has 0 spiro atoms. The minimum absolute atomic E-state index is 0.832. The first-order valence-electron chi connectivity index (χ1n) is 5.30. The number of likely N-dealkylation sites (N-methyl/N-ethyl adjacent to an activating group) is 1. The highest BCUT2D eigenvalue weighted by Gasteiger charge is 2.27. The monoisotopic (exact) mass is 170 g/mol. The van der Waals surface area contributed by atoms with Gasteiger partial charge in [0.05, 0.1) is 0 Å². The lowest BCUT2D eigenvalue weighted by atomic mass is 10.0. The Hall–Kier alpha value is -0.0800. The number of nitrogens with one attached hydrogen (secondary N) is 1. The predicted octanol–water partition coefficient (Wildman–Crippen LogP) is 1.47. The first-order chi connectivity index (χ1) is 5.86. The third kappa shape index (κ3) is 2.20. The van der Waals surface area contributed by atoms with Crippen molar-refractivity contribution >= 4 is 0 Å². The summed E-state index contributed by atoms with van der Waals surface area (Å²) in [6, 6.07) is 1.67. The van der Waals surface area contributed by atoms with Gasteiger partial charge >= 0.3 is 0 Å². The first kappa shape index (κ1) is 10.0. The van der Waals surface area contributed by atoms with Gasteiger partial charge in [0.1, 0.15) is 0 Å². The molecule has 3 rings (SSSR count). The number of hydrogen-bond donors (Lipinski definition) is 1. The zero-order chi connectivity index (χ0) is 8.97. The summed E-state index contributed by atoms with van der Waals surface area (Å²) in [5.41, 5.74) is 0. The highest BCUT2D eigenvalue weighted by Crippen LogP contribution is 2.19. The topological polar surface area (TPSA) is 15.3 Å². The molecule has 0 aliphatic carbocycles. The summed E-state index contributed by atoms with van der Waals surface area (Å²) in [6.45, 7) is 6.52. The summed E-state index contributed by atoms with van der Waals surface area (Å²) >= 11 is 0. The molecule has 0 aromatic carbocycles. The smallest absolute Gasteiger partial charge is 0.0218 e. The fourth-order valence-electron chi connectivity index (χ4n) is 2.07. The molecule has 2 nitrogen and oxygen atoms in total. The van der Waals surface area contributed by atoms with Gasteiger partial charge in [-0.25, -0.2) is 0 Å². The Morgan fingerprint density at radius 3 is 2.50 bits per heavy atom. The maximum atomic E-state index is 3.57. The van der Waals surface area contributed by atoms with Crippen LogP contribution in [-0.4, -0.2) is 37.1 Å². The van der Waals surface area contributed by atoms with E-state index in [1.54, 1.807) is 0 Å². The van der Waals surface area contributed by atoms with E-state index in [9.17, 15) is 0 Å². The first-order valence-corrected chi connectivity index (χ1v) is 5.30. The average Bonchev–Trinajstić information content (AvgIpc) is 2.43. The Morgan fingerprint density at radius 2 is 1.92 bits per heavy atom. The Kier molecular flexibility index (Phi) is 4.02. The minimum Gasteiger partial charge on any atom is -0.312 e. The van der Waals surface area contributed by atoms with Crippen molar-refractivity contribution in [1.29, 1.82) is 0 Å². The highest BCUT2D eigenvalue weighted by atomic mass is 15.2. The van der Waals surface area contributed by atoms with Gasteiger partial charge in [0.15, 0.2) is 0 Å². The molecule has 3 fully saturated rings. The molecule has 2 heteroatoms. The van der Waals surface area contributed by atoms with Crippen molar-refractivity contribution in [3.8, 4) is 0 Å². The minimum atomic E-state index is 0.832. The number of fused-ring (bicyclic) bond motifs is 4. The van der Waals surface area contributed by atoms with E-state index in [4.69, 9.17) is 0 Å². The van der Waals surface area contributed by atoms with E-state index in [2.05, 4.69) is 17.3 Å². The summed E-state index contributed by atoms with van der Waals surface area (Å²) in [5, 5.41) is 3.57. The van der Waals surface area contributed by atoms with Crippen LogP contribution in [0, 0.1) is 0 Å². The van der Waals surface area contributed by atoms with E-state index in [0.29, 0.717) is 0 Å². The lowest BCUT2D eigenvalue weighted by molar-refractivity contribution is 0.238. The molecule has 2 bridgehead atoms. The van der Waals surface area contributed by atoms with Crippen molar-refractivity contribution in [2.45, 2.75) is 45.2 Å². The van der Waals surface area contributed by atoms with E-state index >= 15 is 0 Å². The van der Waals surface area contributed by atoms with Crippen molar-refractivity contribution in [2.24, 2.45) is 0 Å². The van der Waals surface area contributed by atoms with Crippen molar-refractivity contribution in [3.63, 3.8) is 0 Å². The Balaban J connectivity index is 0.000000336. The zero-order valence-electron chi connectivity index (χ0n) is 8.64. The number of nitrogens with zero attached hydrogens (tertiary/aromatic N) is 1. The van der Waals surface area contributed by atoms with Crippen molar-refractivity contribution in [3.05, 3.63) is 0 Å². The summed E-state index contributed by atoms with van der Waals surface area (Å²) in [6.07, 6.45) is 4.16. The van der Waals surface area contributed by atoms with Gasteiger partial charge in [-0.15, -0.1) is 0 Å². The van der Waals surface area contributed by atoms with Crippen LogP contribution in [0.4, 0.5) is 0 Å². The van der Waals surface area contributed by atoms with E-state index in [0.717, 1.165) is 12.1 Å². The van der Waals surface area contributed by atoms with Gasteiger partial charge in [-0.2, -0.15) is 0 Å². The highest BCUT2D eigenvalue weighted by molar-refractivity contribution is 4.87. The lowest BCUT2D eigenvalue weighted by Crippen LogP contribution is -2.43. The van der Waals surface area contributed by atoms with Gasteiger partial charge in [0.2, 0.25) is 0 Å². The van der Waals surface area contributed by atoms with E-state index in [1.165, 1.54) is 32.4 Å².